The van der Waals surface area contributed by atoms with Crippen molar-refractivity contribution >= 4 is 12.4 Å². The largest absolute Gasteiger partial charge is 0.337 e. The second-order valence-corrected chi connectivity index (χ2v) is 5.71. The highest BCUT2D eigenvalue weighted by Gasteiger charge is 2.38. The summed E-state index contributed by atoms with van der Waals surface area (Å²) in [7, 11) is 2.08. The zero-order chi connectivity index (χ0) is 11.7. The predicted molar refractivity (Wildman–Crippen MR) is 74.9 cm³/mol. The van der Waals surface area contributed by atoms with Crippen LogP contribution in [0.4, 0.5) is 0 Å². The maximum absolute atomic E-state index is 4.19. The summed E-state index contributed by atoms with van der Waals surface area (Å²) in [4.78, 5) is 6.79. The number of piperidine rings is 1. The first-order chi connectivity index (χ1) is 8.27. The molecule has 0 aromatic carbocycles. The summed E-state index contributed by atoms with van der Waals surface area (Å²) < 4.78 is 2.13. The normalized spacial score (nSPS) is 23.2. The van der Waals surface area contributed by atoms with Crippen LogP contribution in [0.3, 0.4) is 0 Å². The summed E-state index contributed by atoms with van der Waals surface area (Å²) in [6, 6.07) is 0. The molecular formula is C13H23ClN4. The van der Waals surface area contributed by atoms with Crippen molar-refractivity contribution in [2.24, 2.45) is 12.5 Å². The van der Waals surface area contributed by atoms with Crippen molar-refractivity contribution in [3.63, 3.8) is 0 Å². The van der Waals surface area contributed by atoms with Gasteiger partial charge in [-0.15, -0.1) is 12.4 Å². The van der Waals surface area contributed by atoms with Gasteiger partial charge in [0.1, 0.15) is 0 Å². The Kier molecular flexibility index (Phi) is 4.30. The second kappa shape index (κ2) is 5.59. The van der Waals surface area contributed by atoms with Crippen LogP contribution in [0.15, 0.2) is 12.5 Å². The molecule has 0 bridgehead atoms. The Morgan fingerprint density at radius 2 is 2.11 bits per heavy atom. The van der Waals surface area contributed by atoms with E-state index in [1.807, 2.05) is 12.5 Å². The fourth-order valence-corrected chi connectivity index (χ4v) is 3.29. The molecule has 2 fully saturated rings. The number of rotatable bonds is 2. The van der Waals surface area contributed by atoms with Crippen LogP contribution in [0.5, 0.6) is 0 Å². The summed E-state index contributed by atoms with van der Waals surface area (Å²) in [5.41, 5.74) is 1.94. The first-order valence-electron chi connectivity index (χ1n) is 6.66. The number of likely N-dealkylation sites (tertiary alicyclic amines) is 1. The average molecular weight is 271 g/mol. The third-order valence-electron chi connectivity index (χ3n) is 4.48. The van der Waals surface area contributed by atoms with E-state index in [9.17, 15) is 0 Å². The van der Waals surface area contributed by atoms with E-state index in [-0.39, 0.29) is 12.4 Å². The molecule has 18 heavy (non-hydrogen) atoms. The van der Waals surface area contributed by atoms with Crippen molar-refractivity contribution in [2.75, 3.05) is 26.2 Å². The van der Waals surface area contributed by atoms with Gasteiger partial charge in [0, 0.05) is 26.3 Å². The molecule has 0 aliphatic carbocycles. The first-order valence-corrected chi connectivity index (χ1v) is 6.66. The lowest BCUT2D eigenvalue weighted by Gasteiger charge is -2.33. The average Bonchev–Trinajstić information content (AvgIpc) is 2.90. The van der Waals surface area contributed by atoms with Gasteiger partial charge < -0.3 is 9.88 Å². The maximum atomic E-state index is 4.19. The van der Waals surface area contributed by atoms with E-state index in [0.29, 0.717) is 5.41 Å². The van der Waals surface area contributed by atoms with Gasteiger partial charge in [-0.2, -0.15) is 0 Å². The highest BCUT2D eigenvalue weighted by atomic mass is 35.5. The summed E-state index contributed by atoms with van der Waals surface area (Å²) in [6.07, 6.45) is 7.98. The Hall–Kier alpha value is -0.580. The number of hydrogen-bond acceptors (Lipinski definition) is 3. The summed E-state index contributed by atoms with van der Waals surface area (Å²) >= 11 is 0. The quantitative estimate of drug-likeness (QED) is 0.882. The van der Waals surface area contributed by atoms with Gasteiger partial charge in [-0.1, -0.05) is 0 Å². The Bertz CT molecular complexity index is 384. The molecule has 4 nitrogen and oxygen atoms in total. The molecule has 102 valence electrons. The van der Waals surface area contributed by atoms with Crippen molar-refractivity contribution < 1.29 is 0 Å². The van der Waals surface area contributed by atoms with E-state index in [2.05, 4.69) is 26.8 Å². The van der Waals surface area contributed by atoms with Crippen LogP contribution in [0.1, 0.15) is 25.0 Å². The van der Waals surface area contributed by atoms with Gasteiger partial charge in [0.25, 0.3) is 0 Å². The predicted octanol–water partition coefficient (Wildman–Crippen LogP) is 1.42. The third kappa shape index (κ3) is 2.71. The van der Waals surface area contributed by atoms with Gasteiger partial charge in [0.05, 0.1) is 12.0 Å². The third-order valence-corrected chi connectivity index (χ3v) is 4.48. The Morgan fingerprint density at radius 3 is 2.78 bits per heavy atom. The van der Waals surface area contributed by atoms with Crippen molar-refractivity contribution in [3.8, 4) is 0 Å². The zero-order valence-corrected chi connectivity index (χ0v) is 11.9. The van der Waals surface area contributed by atoms with Crippen LogP contribution in [0, 0.1) is 5.41 Å². The van der Waals surface area contributed by atoms with E-state index in [1.165, 1.54) is 51.1 Å². The zero-order valence-electron chi connectivity index (χ0n) is 11.1. The molecule has 1 spiro atoms. The van der Waals surface area contributed by atoms with Gasteiger partial charge >= 0.3 is 0 Å². The molecule has 3 heterocycles. The monoisotopic (exact) mass is 270 g/mol. The Morgan fingerprint density at radius 1 is 1.33 bits per heavy atom. The van der Waals surface area contributed by atoms with Crippen molar-refractivity contribution in [1.82, 2.24) is 19.8 Å². The van der Waals surface area contributed by atoms with E-state index < -0.39 is 0 Å². The number of halogens is 1. The van der Waals surface area contributed by atoms with E-state index in [1.54, 1.807) is 0 Å². The number of aryl methyl sites for hydroxylation is 1. The van der Waals surface area contributed by atoms with Gasteiger partial charge in [-0.3, -0.25) is 4.90 Å². The molecule has 2 aliphatic rings. The molecule has 0 atom stereocenters. The molecule has 0 unspecified atom stereocenters. The van der Waals surface area contributed by atoms with Crippen LogP contribution >= 0.6 is 12.4 Å². The maximum Gasteiger partial charge on any atom is 0.0945 e. The minimum atomic E-state index is 0. The lowest BCUT2D eigenvalue weighted by molar-refractivity contribution is 0.192. The smallest absolute Gasteiger partial charge is 0.0945 e. The topological polar surface area (TPSA) is 33.1 Å². The molecule has 1 aromatic heterocycles. The van der Waals surface area contributed by atoms with Crippen molar-refractivity contribution in [2.45, 2.75) is 25.8 Å². The van der Waals surface area contributed by atoms with Crippen LogP contribution in [-0.4, -0.2) is 40.6 Å². The van der Waals surface area contributed by atoms with E-state index in [4.69, 9.17) is 0 Å². The summed E-state index contributed by atoms with van der Waals surface area (Å²) in [5, 5.41) is 3.47. The van der Waals surface area contributed by atoms with Crippen LogP contribution in [0.25, 0.3) is 0 Å². The van der Waals surface area contributed by atoms with E-state index in [0.717, 1.165) is 6.54 Å². The first kappa shape index (κ1) is 13.8. The molecule has 1 N–H and O–H groups in total. The molecule has 0 amide bonds. The molecular weight excluding hydrogens is 248 g/mol. The molecule has 3 rings (SSSR count). The number of hydrogen-bond donors (Lipinski definition) is 1. The van der Waals surface area contributed by atoms with Crippen molar-refractivity contribution in [1.29, 1.82) is 0 Å². The Labute approximate surface area is 115 Å². The molecule has 2 saturated heterocycles. The standard InChI is InChI=1S/C13H22N4.ClH/c1-16-11-15-8-12(16)9-17-7-4-13(10-17)2-5-14-6-3-13;/h8,11,14H,2-7,9-10H2,1H3;1H. The minimum Gasteiger partial charge on any atom is -0.337 e. The fourth-order valence-electron chi connectivity index (χ4n) is 3.29. The van der Waals surface area contributed by atoms with Crippen LogP contribution < -0.4 is 5.32 Å². The molecule has 0 radical (unpaired) electrons. The molecule has 5 heteroatoms. The lowest BCUT2D eigenvalue weighted by atomic mass is 9.78. The minimum absolute atomic E-state index is 0. The SMILES string of the molecule is Cl.Cn1cncc1CN1CCC2(CCNCC2)C1. The number of aromatic nitrogens is 2. The molecule has 0 saturated carbocycles. The number of nitrogens with zero attached hydrogens (tertiary/aromatic N) is 3. The fraction of sp³-hybridized carbons (Fsp3) is 0.769. The van der Waals surface area contributed by atoms with Crippen LogP contribution in [0.2, 0.25) is 0 Å². The Balaban J connectivity index is 0.00000120. The number of nitrogens with one attached hydrogen (secondary N) is 1. The van der Waals surface area contributed by atoms with Crippen molar-refractivity contribution in [3.05, 3.63) is 18.2 Å². The van der Waals surface area contributed by atoms with E-state index >= 15 is 0 Å². The number of imidazole rings is 1. The second-order valence-electron chi connectivity index (χ2n) is 5.71. The highest BCUT2D eigenvalue weighted by Crippen LogP contribution is 2.38. The molecule has 1 aromatic rings. The molecule has 2 aliphatic heterocycles. The van der Waals surface area contributed by atoms with Gasteiger partial charge in [-0.25, -0.2) is 4.98 Å². The van der Waals surface area contributed by atoms with Gasteiger partial charge in [0.15, 0.2) is 0 Å². The van der Waals surface area contributed by atoms with Gasteiger partial charge in [-0.05, 0) is 44.3 Å². The summed E-state index contributed by atoms with van der Waals surface area (Å²) in [6.45, 7) is 6.01. The summed E-state index contributed by atoms with van der Waals surface area (Å²) in [5.74, 6) is 0. The van der Waals surface area contributed by atoms with Gasteiger partial charge in [0.2, 0.25) is 0 Å². The lowest BCUT2D eigenvalue weighted by Crippen LogP contribution is -2.38. The highest BCUT2D eigenvalue weighted by molar-refractivity contribution is 5.85. The van der Waals surface area contributed by atoms with Crippen LogP contribution in [-0.2, 0) is 13.6 Å².